The summed E-state index contributed by atoms with van der Waals surface area (Å²) in [4.78, 5) is 0. The van der Waals surface area contributed by atoms with E-state index in [4.69, 9.17) is 0 Å². The van der Waals surface area contributed by atoms with Gasteiger partial charge in [-0.15, -0.1) is 0 Å². The molecule has 2 rings (SSSR count). The molecule has 1 saturated heterocycles. The van der Waals surface area contributed by atoms with Gasteiger partial charge in [-0.3, -0.25) is 0 Å². The smallest absolute Gasteiger partial charge is 0.271 e. The Bertz CT molecular complexity index is 381. The van der Waals surface area contributed by atoms with Crippen LogP contribution in [0, 0.1) is 0 Å². The quantitative estimate of drug-likeness (QED) is 0.749. The Kier molecular flexibility index (Phi) is 2.19. The third kappa shape index (κ3) is 1.40. The minimum Gasteiger partial charge on any atom is -0.508 e. The van der Waals surface area contributed by atoms with Gasteiger partial charge in [0.15, 0.2) is 0 Å². The average Bonchev–Trinajstić information content (AvgIpc) is 2.43. The van der Waals surface area contributed by atoms with Gasteiger partial charge >= 0.3 is 0 Å². The molecule has 0 aromatic heterocycles. The summed E-state index contributed by atoms with van der Waals surface area (Å²) in [5.74, 6) is -2.92. The lowest BCUT2D eigenvalue weighted by Crippen LogP contribution is -2.46. The molecule has 1 aromatic carbocycles. The number of nitrogens with one attached hydrogen (secondary N) is 1. The Morgan fingerprint density at radius 3 is 2.53 bits per heavy atom. The molecule has 1 heterocycles. The molecular formula is C11H13F2NO. The molecule has 1 unspecified atom stereocenters. The van der Waals surface area contributed by atoms with Crippen molar-refractivity contribution in [1.29, 1.82) is 0 Å². The van der Waals surface area contributed by atoms with Crippen LogP contribution in [0.25, 0.3) is 0 Å². The Labute approximate surface area is 86.9 Å². The summed E-state index contributed by atoms with van der Waals surface area (Å²) in [6.07, 6.45) is -0.197. The highest BCUT2D eigenvalue weighted by molar-refractivity contribution is 5.40. The molecule has 1 aliphatic rings. The van der Waals surface area contributed by atoms with E-state index in [0.717, 1.165) is 0 Å². The Morgan fingerprint density at radius 2 is 2.00 bits per heavy atom. The number of para-hydroxylation sites is 1. The molecule has 1 fully saturated rings. The zero-order valence-corrected chi connectivity index (χ0v) is 8.43. The van der Waals surface area contributed by atoms with Crippen LogP contribution in [0.5, 0.6) is 5.75 Å². The third-order valence-corrected chi connectivity index (χ3v) is 3.09. The van der Waals surface area contributed by atoms with Crippen LogP contribution in [0.2, 0.25) is 0 Å². The Hall–Kier alpha value is -1.16. The molecule has 0 aliphatic carbocycles. The number of benzene rings is 1. The molecule has 82 valence electrons. The second-order valence-electron chi connectivity index (χ2n) is 4.02. The Morgan fingerprint density at radius 1 is 1.33 bits per heavy atom. The maximum absolute atomic E-state index is 13.7. The number of hydrogen-bond donors (Lipinski definition) is 2. The van der Waals surface area contributed by atoms with Crippen molar-refractivity contribution in [2.75, 3.05) is 6.54 Å². The SMILES string of the molecule is CC1(c2ccccc2O)NCCC1(F)F. The molecule has 0 amide bonds. The van der Waals surface area contributed by atoms with Crippen molar-refractivity contribution in [3.8, 4) is 5.75 Å². The summed E-state index contributed by atoms with van der Waals surface area (Å²) >= 11 is 0. The number of aromatic hydroxyl groups is 1. The maximum atomic E-state index is 13.7. The van der Waals surface area contributed by atoms with Gasteiger partial charge in [0.1, 0.15) is 11.3 Å². The molecular weight excluding hydrogens is 200 g/mol. The number of rotatable bonds is 1. The fourth-order valence-electron chi connectivity index (χ4n) is 2.04. The van der Waals surface area contributed by atoms with E-state index in [1.807, 2.05) is 0 Å². The highest BCUT2D eigenvalue weighted by Gasteiger charge is 2.55. The van der Waals surface area contributed by atoms with Gasteiger partial charge in [-0.1, -0.05) is 18.2 Å². The van der Waals surface area contributed by atoms with E-state index in [2.05, 4.69) is 5.32 Å². The van der Waals surface area contributed by atoms with Gasteiger partial charge in [0.25, 0.3) is 5.92 Å². The van der Waals surface area contributed by atoms with E-state index >= 15 is 0 Å². The summed E-state index contributed by atoms with van der Waals surface area (Å²) in [6.45, 7) is 1.69. The highest BCUT2D eigenvalue weighted by Crippen LogP contribution is 2.46. The predicted molar refractivity (Wildman–Crippen MR) is 53.0 cm³/mol. The van der Waals surface area contributed by atoms with Crippen LogP contribution in [0.3, 0.4) is 0 Å². The van der Waals surface area contributed by atoms with Crippen molar-refractivity contribution in [2.24, 2.45) is 0 Å². The number of hydrogen-bond acceptors (Lipinski definition) is 2. The van der Waals surface area contributed by atoms with Gasteiger partial charge in [0, 0.05) is 18.5 Å². The van der Waals surface area contributed by atoms with Crippen LogP contribution in [0.1, 0.15) is 18.9 Å². The minimum absolute atomic E-state index is 0.0888. The van der Waals surface area contributed by atoms with Crippen LogP contribution in [0.15, 0.2) is 24.3 Å². The lowest BCUT2D eigenvalue weighted by atomic mass is 9.86. The molecule has 1 aliphatic heterocycles. The first-order chi connectivity index (χ1) is 6.97. The van der Waals surface area contributed by atoms with Gasteiger partial charge in [-0.25, -0.2) is 8.78 Å². The molecule has 2 nitrogen and oxygen atoms in total. The molecule has 15 heavy (non-hydrogen) atoms. The van der Waals surface area contributed by atoms with Crippen molar-refractivity contribution in [1.82, 2.24) is 5.32 Å². The normalized spacial score (nSPS) is 29.3. The van der Waals surface area contributed by atoms with Crippen molar-refractivity contribution in [2.45, 2.75) is 24.8 Å². The zero-order valence-electron chi connectivity index (χ0n) is 8.43. The topological polar surface area (TPSA) is 32.3 Å². The van der Waals surface area contributed by atoms with Crippen LogP contribution in [-0.4, -0.2) is 17.6 Å². The summed E-state index contributed by atoms with van der Waals surface area (Å²) in [5, 5.41) is 12.4. The predicted octanol–water partition coefficient (Wildman–Crippen LogP) is 2.24. The molecule has 0 spiro atoms. The first-order valence-electron chi connectivity index (χ1n) is 4.89. The largest absolute Gasteiger partial charge is 0.508 e. The van der Waals surface area contributed by atoms with Crippen molar-refractivity contribution in [3.05, 3.63) is 29.8 Å². The molecule has 4 heteroatoms. The van der Waals surface area contributed by atoms with Crippen LogP contribution < -0.4 is 5.32 Å². The summed E-state index contributed by atoms with van der Waals surface area (Å²) in [5.41, 5.74) is -1.20. The highest BCUT2D eigenvalue weighted by atomic mass is 19.3. The zero-order chi connectivity index (χ0) is 11.1. The van der Waals surface area contributed by atoms with E-state index in [0.29, 0.717) is 0 Å². The maximum Gasteiger partial charge on any atom is 0.271 e. The molecule has 0 bridgehead atoms. The Balaban J connectivity index is 2.50. The molecule has 0 radical (unpaired) electrons. The lowest BCUT2D eigenvalue weighted by molar-refractivity contribution is -0.0566. The summed E-state index contributed by atoms with van der Waals surface area (Å²) in [6, 6.07) is 6.23. The first-order valence-corrected chi connectivity index (χ1v) is 4.89. The van der Waals surface area contributed by atoms with Crippen LogP contribution in [0.4, 0.5) is 8.78 Å². The molecule has 1 atom stereocenters. The van der Waals surface area contributed by atoms with Crippen molar-refractivity contribution >= 4 is 0 Å². The number of phenols is 1. The van der Waals surface area contributed by atoms with Gasteiger partial charge < -0.3 is 10.4 Å². The fraction of sp³-hybridized carbons (Fsp3) is 0.455. The summed E-state index contributed by atoms with van der Waals surface area (Å²) < 4.78 is 27.4. The van der Waals surface area contributed by atoms with Gasteiger partial charge in [-0.2, -0.15) is 0 Å². The first kappa shape index (κ1) is 10.4. The number of alkyl halides is 2. The standard InChI is InChI=1S/C11H13F2NO/c1-10(11(12,13)6-7-14-10)8-4-2-3-5-9(8)15/h2-5,14-15H,6-7H2,1H3. The second-order valence-corrected chi connectivity index (χ2v) is 4.02. The number of halogens is 2. The minimum atomic E-state index is -2.83. The van der Waals surface area contributed by atoms with Gasteiger partial charge in [0.2, 0.25) is 0 Å². The summed E-state index contributed by atoms with van der Waals surface area (Å²) in [7, 11) is 0. The van der Waals surface area contributed by atoms with Crippen molar-refractivity contribution in [3.63, 3.8) is 0 Å². The fourth-order valence-corrected chi connectivity index (χ4v) is 2.04. The van der Waals surface area contributed by atoms with Gasteiger partial charge in [-0.05, 0) is 13.0 Å². The van der Waals surface area contributed by atoms with Gasteiger partial charge in [0.05, 0.1) is 0 Å². The van der Waals surface area contributed by atoms with E-state index in [1.165, 1.54) is 19.1 Å². The van der Waals surface area contributed by atoms with E-state index in [-0.39, 0.29) is 24.3 Å². The molecule has 2 N–H and O–H groups in total. The monoisotopic (exact) mass is 213 g/mol. The molecule has 0 saturated carbocycles. The molecule has 1 aromatic rings. The second kappa shape index (κ2) is 3.17. The van der Waals surface area contributed by atoms with E-state index < -0.39 is 11.5 Å². The van der Waals surface area contributed by atoms with E-state index in [9.17, 15) is 13.9 Å². The van der Waals surface area contributed by atoms with Crippen LogP contribution >= 0.6 is 0 Å². The van der Waals surface area contributed by atoms with Crippen molar-refractivity contribution < 1.29 is 13.9 Å². The van der Waals surface area contributed by atoms with Crippen LogP contribution in [-0.2, 0) is 5.54 Å². The third-order valence-electron chi connectivity index (χ3n) is 3.09. The number of phenolic OH excluding ortho intramolecular Hbond substituents is 1. The van der Waals surface area contributed by atoms with E-state index in [1.54, 1.807) is 12.1 Å². The lowest BCUT2D eigenvalue weighted by Gasteiger charge is -2.32. The average molecular weight is 213 g/mol.